The molecule has 1 heterocycles. The third-order valence-corrected chi connectivity index (χ3v) is 6.31. The summed E-state index contributed by atoms with van der Waals surface area (Å²) >= 11 is 0. The van der Waals surface area contributed by atoms with E-state index in [1.807, 2.05) is 0 Å². The lowest BCUT2D eigenvalue weighted by atomic mass is 9.52. The van der Waals surface area contributed by atoms with Crippen LogP contribution in [0.4, 0.5) is 0 Å². The molecule has 0 amide bonds. The average molecular weight is 320 g/mol. The molecule has 4 nitrogen and oxygen atoms in total. The maximum absolute atomic E-state index is 11.8. The molecule has 5 fully saturated rings. The Morgan fingerprint density at radius 2 is 1.91 bits per heavy atom. The fourth-order valence-corrected chi connectivity index (χ4v) is 5.75. The number of esters is 1. The Balaban J connectivity index is 1.37. The summed E-state index contributed by atoms with van der Waals surface area (Å²) in [5.41, 5.74) is -0.335. The summed E-state index contributed by atoms with van der Waals surface area (Å²) in [6.07, 6.45) is 11.7. The molecule has 4 bridgehead atoms. The molecule has 3 atom stereocenters. The fourth-order valence-electron chi connectivity index (χ4n) is 5.75. The van der Waals surface area contributed by atoms with E-state index in [9.17, 15) is 4.79 Å². The Kier molecular flexibility index (Phi) is 4.01. The lowest BCUT2D eigenvalue weighted by Crippen LogP contribution is -2.61. The first-order chi connectivity index (χ1) is 11.1. The maximum atomic E-state index is 11.8. The van der Waals surface area contributed by atoms with Crippen LogP contribution in [0.3, 0.4) is 0 Å². The molecule has 4 saturated carbocycles. The zero-order valence-electron chi connectivity index (χ0n) is 13.9. The second-order valence-electron chi connectivity index (χ2n) is 8.22. The minimum atomic E-state index is -0.285. The summed E-state index contributed by atoms with van der Waals surface area (Å²) in [5.74, 6) is 1.04. The topological polar surface area (TPSA) is 44.8 Å². The van der Waals surface area contributed by atoms with Crippen LogP contribution in [0, 0.1) is 11.8 Å². The van der Waals surface area contributed by atoms with Crippen LogP contribution in [0.1, 0.15) is 57.8 Å². The minimum absolute atomic E-state index is 0.0496. The largest absolute Gasteiger partial charge is 0.456 e. The molecule has 0 spiro atoms. The molecule has 5 aliphatic rings. The number of hydrogen-bond donors (Lipinski definition) is 0. The molecular weight excluding hydrogens is 292 g/mol. The van der Waals surface area contributed by atoms with E-state index in [0.29, 0.717) is 17.9 Å². The van der Waals surface area contributed by atoms with Gasteiger partial charge in [-0.3, -0.25) is 0 Å². The second kappa shape index (κ2) is 5.89. The normalized spacial score (nSPS) is 43.9. The molecular formula is C19H28O4. The molecule has 0 aromatic heterocycles. The van der Waals surface area contributed by atoms with Crippen LogP contribution in [-0.2, 0) is 19.0 Å². The van der Waals surface area contributed by atoms with Gasteiger partial charge in [0.15, 0.2) is 0 Å². The van der Waals surface area contributed by atoms with Crippen LogP contribution < -0.4 is 0 Å². The van der Waals surface area contributed by atoms with Crippen LogP contribution in [0.25, 0.3) is 0 Å². The molecule has 4 heteroatoms. The van der Waals surface area contributed by atoms with Gasteiger partial charge < -0.3 is 14.2 Å². The molecule has 3 unspecified atom stereocenters. The van der Waals surface area contributed by atoms with E-state index in [-0.39, 0.29) is 17.2 Å². The maximum Gasteiger partial charge on any atom is 0.330 e. The molecule has 0 aromatic carbocycles. The van der Waals surface area contributed by atoms with Crippen molar-refractivity contribution < 1.29 is 19.0 Å². The Morgan fingerprint density at radius 1 is 1.22 bits per heavy atom. The second-order valence-corrected chi connectivity index (χ2v) is 8.22. The highest BCUT2D eigenvalue weighted by atomic mass is 16.6. The van der Waals surface area contributed by atoms with Gasteiger partial charge in [-0.05, 0) is 63.2 Å². The Hall–Kier alpha value is -0.870. The van der Waals surface area contributed by atoms with Crippen molar-refractivity contribution in [3.8, 4) is 0 Å². The van der Waals surface area contributed by atoms with Gasteiger partial charge in [0.1, 0.15) is 5.60 Å². The smallest absolute Gasteiger partial charge is 0.330 e. The third-order valence-electron chi connectivity index (χ3n) is 6.31. The fraction of sp³-hybridized carbons (Fsp3) is 0.842. The quantitative estimate of drug-likeness (QED) is 0.410. The van der Waals surface area contributed by atoms with Crippen molar-refractivity contribution in [1.82, 2.24) is 0 Å². The third kappa shape index (κ3) is 3.08. The van der Waals surface area contributed by atoms with Gasteiger partial charge >= 0.3 is 5.97 Å². The van der Waals surface area contributed by atoms with E-state index in [4.69, 9.17) is 14.2 Å². The van der Waals surface area contributed by atoms with Crippen LogP contribution in [-0.4, -0.2) is 36.5 Å². The van der Waals surface area contributed by atoms with Crippen LogP contribution in [0.5, 0.6) is 0 Å². The van der Waals surface area contributed by atoms with Crippen LogP contribution >= 0.6 is 0 Å². The van der Waals surface area contributed by atoms with Crippen LogP contribution in [0.2, 0.25) is 0 Å². The summed E-state index contributed by atoms with van der Waals surface area (Å²) in [7, 11) is 0. The van der Waals surface area contributed by atoms with E-state index >= 15 is 0 Å². The van der Waals surface area contributed by atoms with E-state index < -0.39 is 0 Å². The predicted molar refractivity (Wildman–Crippen MR) is 86.0 cm³/mol. The summed E-state index contributed by atoms with van der Waals surface area (Å²) in [6, 6.07) is 0. The van der Waals surface area contributed by atoms with Crippen molar-refractivity contribution >= 4 is 5.97 Å². The highest BCUT2D eigenvalue weighted by molar-refractivity contribution is 5.81. The van der Waals surface area contributed by atoms with Crippen molar-refractivity contribution in [2.45, 2.75) is 75.1 Å². The minimum Gasteiger partial charge on any atom is -0.456 e. The molecule has 0 aromatic rings. The Labute approximate surface area is 138 Å². The predicted octanol–water partition coefficient (Wildman–Crippen LogP) is 3.39. The van der Waals surface area contributed by atoms with Gasteiger partial charge in [-0.1, -0.05) is 6.58 Å². The van der Waals surface area contributed by atoms with Gasteiger partial charge in [-0.15, -0.1) is 0 Å². The highest BCUT2D eigenvalue weighted by Crippen LogP contribution is 2.60. The molecule has 0 N–H and O–H groups in total. The Bertz CT molecular complexity index is 468. The van der Waals surface area contributed by atoms with Crippen molar-refractivity contribution in [3.63, 3.8) is 0 Å². The zero-order valence-corrected chi connectivity index (χ0v) is 13.9. The van der Waals surface area contributed by atoms with E-state index in [1.54, 1.807) is 0 Å². The van der Waals surface area contributed by atoms with Gasteiger partial charge in [-0.25, -0.2) is 4.79 Å². The van der Waals surface area contributed by atoms with Crippen molar-refractivity contribution in [3.05, 3.63) is 12.7 Å². The standard InChI is InChI=1S/C19H28O4/c1-2-17(20)23-19-11-14-8-15(12-19)10-18(9-14,13-19)22-6-3-4-16-5-7-21-16/h2,14-16H,1,3-13H2. The van der Waals surface area contributed by atoms with Gasteiger partial charge in [0.05, 0.1) is 11.7 Å². The van der Waals surface area contributed by atoms with Crippen LogP contribution in [0.15, 0.2) is 12.7 Å². The van der Waals surface area contributed by atoms with Gasteiger partial charge in [0.2, 0.25) is 0 Å². The van der Waals surface area contributed by atoms with Crippen molar-refractivity contribution in [1.29, 1.82) is 0 Å². The van der Waals surface area contributed by atoms with E-state index in [1.165, 1.54) is 18.9 Å². The van der Waals surface area contributed by atoms with Crippen molar-refractivity contribution in [2.24, 2.45) is 11.8 Å². The summed E-state index contributed by atoms with van der Waals surface area (Å²) < 4.78 is 17.7. The lowest BCUT2D eigenvalue weighted by molar-refractivity contribution is -0.232. The summed E-state index contributed by atoms with van der Waals surface area (Å²) in [4.78, 5) is 11.8. The first kappa shape index (κ1) is 15.6. The highest BCUT2D eigenvalue weighted by Gasteiger charge is 2.60. The first-order valence-electron chi connectivity index (χ1n) is 9.21. The number of carbonyl (C=O) groups is 1. The first-order valence-corrected chi connectivity index (χ1v) is 9.21. The average Bonchev–Trinajstić information content (AvgIpc) is 2.43. The molecule has 23 heavy (non-hydrogen) atoms. The molecule has 128 valence electrons. The summed E-state index contributed by atoms with van der Waals surface area (Å²) in [6.45, 7) is 5.29. The lowest BCUT2D eigenvalue weighted by Gasteiger charge is -2.60. The number of carbonyl (C=O) groups excluding carboxylic acids is 1. The molecule has 1 aliphatic heterocycles. The number of hydrogen-bond acceptors (Lipinski definition) is 4. The van der Waals surface area contributed by atoms with E-state index in [2.05, 4.69) is 6.58 Å². The number of rotatable bonds is 7. The van der Waals surface area contributed by atoms with Gasteiger partial charge in [0.25, 0.3) is 0 Å². The zero-order chi connectivity index (χ0) is 15.9. The monoisotopic (exact) mass is 320 g/mol. The van der Waals surface area contributed by atoms with Crippen molar-refractivity contribution in [2.75, 3.05) is 13.2 Å². The molecule has 1 saturated heterocycles. The van der Waals surface area contributed by atoms with Gasteiger partial charge in [0, 0.05) is 25.7 Å². The number of ether oxygens (including phenoxy) is 3. The Morgan fingerprint density at radius 3 is 2.52 bits per heavy atom. The summed E-state index contributed by atoms with van der Waals surface area (Å²) in [5, 5.41) is 0. The van der Waals surface area contributed by atoms with Gasteiger partial charge in [-0.2, -0.15) is 0 Å². The molecule has 4 aliphatic carbocycles. The van der Waals surface area contributed by atoms with E-state index in [0.717, 1.165) is 58.2 Å². The molecule has 5 rings (SSSR count). The SMILES string of the molecule is C=CC(=O)OC12CC3CC(CC(OCCCC4CCO4)(C3)C1)C2. The molecule has 0 radical (unpaired) electrons.